The number of anilines is 2. The Labute approximate surface area is 129 Å². The molecule has 1 fully saturated rings. The zero-order valence-corrected chi connectivity index (χ0v) is 14.5. The Morgan fingerprint density at radius 3 is 2.38 bits per heavy atom. The topological polar surface area (TPSA) is 41.1 Å². The van der Waals surface area contributed by atoms with E-state index < -0.39 is 0 Å². The highest BCUT2D eigenvalue weighted by atomic mass is 15.2. The first kappa shape index (κ1) is 16.1. The first-order chi connectivity index (χ1) is 9.84. The summed E-state index contributed by atoms with van der Waals surface area (Å²) in [6, 6.07) is 0.644. The molecule has 0 radical (unpaired) electrons. The van der Waals surface area contributed by atoms with Crippen molar-refractivity contribution < 1.29 is 0 Å². The summed E-state index contributed by atoms with van der Waals surface area (Å²) in [4.78, 5) is 12.0. The van der Waals surface area contributed by atoms with Gasteiger partial charge in [-0.1, -0.05) is 27.7 Å². The molecule has 1 aliphatic carbocycles. The molecule has 0 saturated heterocycles. The quantitative estimate of drug-likeness (QED) is 0.893. The van der Waals surface area contributed by atoms with Crippen LogP contribution in [0.25, 0.3) is 0 Å². The van der Waals surface area contributed by atoms with E-state index in [0.717, 1.165) is 30.4 Å². The van der Waals surface area contributed by atoms with E-state index in [4.69, 9.17) is 9.97 Å². The lowest BCUT2D eigenvalue weighted by atomic mass is 9.91. The van der Waals surface area contributed by atoms with Gasteiger partial charge in [0.2, 0.25) is 0 Å². The Morgan fingerprint density at radius 2 is 1.90 bits per heavy atom. The molecule has 1 aromatic heterocycles. The van der Waals surface area contributed by atoms with Crippen molar-refractivity contribution in [2.24, 2.45) is 0 Å². The zero-order valence-electron chi connectivity index (χ0n) is 14.5. The minimum Gasteiger partial charge on any atom is -0.370 e. The summed E-state index contributed by atoms with van der Waals surface area (Å²) in [5, 5.41) is 3.47. The second-order valence-electron chi connectivity index (χ2n) is 7.22. The lowest BCUT2D eigenvalue weighted by Gasteiger charge is -2.37. The molecule has 4 nitrogen and oxygen atoms in total. The Morgan fingerprint density at radius 1 is 1.24 bits per heavy atom. The smallest absolute Gasteiger partial charge is 0.138 e. The fourth-order valence-electron chi connectivity index (χ4n) is 2.55. The van der Waals surface area contributed by atoms with Crippen LogP contribution in [0, 0.1) is 6.92 Å². The third kappa shape index (κ3) is 3.47. The Hall–Kier alpha value is -1.32. The van der Waals surface area contributed by atoms with Crippen LogP contribution in [0.4, 0.5) is 11.6 Å². The molecule has 2 rings (SSSR count). The van der Waals surface area contributed by atoms with E-state index in [9.17, 15) is 0 Å². The van der Waals surface area contributed by atoms with Crippen LogP contribution < -0.4 is 10.2 Å². The first-order valence-corrected chi connectivity index (χ1v) is 8.20. The summed E-state index contributed by atoms with van der Waals surface area (Å²) in [7, 11) is 2.18. The molecule has 0 unspecified atom stereocenters. The van der Waals surface area contributed by atoms with Gasteiger partial charge < -0.3 is 10.2 Å². The zero-order chi connectivity index (χ0) is 15.6. The highest BCUT2D eigenvalue weighted by molar-refractivity contribution is 5.59. The SMILES string of the molecule is CCCNc1nc(C(C)(C)C)nc(N(C)C2CCC2)c1C. The third-order valence-electron chi connectivity index (χ3n) is 4.29. The van der Waals surface area contributed by atoms with Gasteiger partial charge in [-0.25, -0.2) is 9.97 Å². The van der Waals surface area contributed by atoms with E-state index in [2.05, 4.69) is 51.9 Å². The Kier molecular flexibility index (Phi) is 4.74. The second kappa shape index (κ2) is 6.20. The Bertz CT molecular complexity index is 486. The van der Waals surface area contributed by atoms with Crippen LogP contribution in [0.5, 0.6) is 0 Å². The normalized spacial score (nSPS) is 15.7. The van der Waals surface area contributed by atoms with Crippen molar-refractivity contribution in [2.45, 2.75) is 71.8 Å². The van der Waals surface area contributed by atoms with Crippen LogP contribution in [-0.4, -0.2) is 29.6 Å². The van der Waals surface area contributed by atoms with Crippen LogP contribution in [0.2, 0.25) is 0 Å². The van der Waals surface area contributed by atoms with E-state index in [1.54, 1.807) is 0 Å². The molecule has 1 N–H and O–H groups in total. The predicted octanol–water partition coefficient (Wildman–Crippen LogP) is 3.89. The van der Waals surface area contributed by atoms with E-state index in [1.165, 1.54) is 24.8 Å². The average molecular weight is 290 g/mol. The van der Waals surface area contributed by atoms with Crippen LogP contribution in [-0.2, 0) is 5.41 Å². The van der Waals surface area contributed by atoms with Crippen molar-refractivity contribution in [1.29, 1.82) is 0 Å². The van der Waals surface area contributed by atoms with Crippen molar-refractivity contribution in [2.75, 3.05) is 23.8 Å². The highest BCUT2D eigenvalue weighted by Gasteiger charge is 2.27. The average Bonchev–Trinajstić information content (AvgIpc) is 2.33. The van der Waals surface area contributed by atoms with Crippen LogP contribution in [0.3, 0.4) is 0 Å². The number of aromatic nitrogens is 2. The third-order valence-corrected chi connectivity index (χ3v) is 4.29. The summed E-state index contributed by atoms with van der Waals surface area (Å²) in [6.45, 7) is 11.8. The van der Waals surface area contributed by atoms with Gasteiger partial charge in [-0.15, -0.1) is 0 Å². The van der Waals surface area contributed by atoms with Crippen molar-refractivity contribution in [3.05, 3.63) is 11.4 Å². The van der Waals surface area contributed by atoms with Crippen molar-refractivity contribution in [3.63, 3.8) is 0 Å². The van der Waals surface area contributed by atoms with Crippen molar-refractivity contribution in [3.8, 4) is 0 Å². The molecule has 1 aliphatic rings. The van der Waals surface area contributed by atoms with E-state index in [0.29, 0.717) is 6.04 Å². The van der Waals surface area contributed by atoms with Crippen LogP contribution >= 0.6 is 0 Å². The molecule has 0 aliphatic heterocycles. The van der Waals surface area contributed by atoms with Gasteiger partial charge in [-0.3, -0.25) is 0 Å². The van der Waals surface area contributed by atoms with E-state index >= 15 is 0 Å². The lowest BCUT2D eigenvalue weighted by molar-refractivity contribution is 0.398. The molecular weight excluding hydrogens is 260 g/mol. The van der Waals surface area contributed by atoms with Crippen LogP contribution in [0.1, 0.15) is 64.8 Å². The minimum atomic E-state index is -0.0362. The van der Waals surface area contributed by atoms with Gasteiger partial charge in [0.25, 0.3) is 0 Å². The maximum absolute atomic E-state index is 4.89. The van der Waals surface area contributed by atoms with Crippen molar-refractivity contribution >= 4 is 11.6 Å². The summed E-state index contributed by atoms with van der Waals surface area (Å²) in [5.74, 6) is 3.02. The van der Waals surface area contributed by atoms with Gasteiger partial charge in [-0.2, -0.15) is 0 Å². The Balaban J connectivity index is 2.40. The van der Waals surface area contributed by atoms with Gasteiger partial charge in [0.1, 0.15) is 17.5 Å². The lowest BCUT2D eigenvalue weighted by Crippen LogP contribution is -2.38. The molecule has 21 heavy (non-hydrogen) atoms. The molecular formula is C17H30N4. The molecule has 0 amide bonds. The van der Waals surface area contributed by atoms with E-state index in [-0.39, 0.29) is 5.41 Å². The largest absolute Gasteiger partial charge is 0.370 e. The first-order valence-electron chi connectivity index (χ1n) is 8.20. The van der Waals surface area contributed by atoms with Gasteiger partial charge in [-0.05, 0) is 32.6 Å². The molecule has 0 aromatic carbocycles. The molecule has 1 saturated carbocycles. The predicted molar refractivity (Wildman–Crippen MR) is 90.3 cm³/mol. The highest BCUT2D eigenvalue weighted by Crippen LogP contribution is 2.33. The number of hydrogen-bond donors (Lipinski definition) is 1. The molecule has 118 valence electrons. The van der Waals surface area contributed by atoms with Gasteiger partial charge in [0.05, 0.1) is 0 Å². The molecule has 1 heterocycles. The maximum Gasteiger partial charge on any atom is 0.138 e. The monoisotopic (exact) mass is 290 g/mol. The summed E-state index contributed by atoms with van der Waals surface area (Å²) >= 11 is 0. The number of nitrogens with zero attached hydrogens (tertiary/aromatic N) is 3. The molecule has 4 heteroatoms. The molecule has 0 spiro atoms. The second-order valence-corrected chi connectivity index (χ2v) is 7.22. The summed E-state index contributed by atoms with van der Waals surface area (Å²) in [5.41, 5.74) is 1.14. The molecule has 0 atom stereocenters. The molecule has 0 bridgehead atoms. The minimum absolute atomic E-state index is 0.0362. The number of rotatable bonds is 5. The van der Waals surface area contributed by atoms with Gasteiger partial charge in [0, 0.05) is 30.6 Å². The standard InChI is InChI=1S/C17H30N4/c1-7-11-18-14-12(2)15(21(6)13-9-8-10-13)20-16(19-14)17(3,4)5/h13H,7-11H2,1-6H3,(H,18,19,20). The van der Waals surface area contributed by atoms with Gasteiger partial charge >= 0.3 is 0 Å². The van der Waals surface area contributed by atoms with Gasteiger partial charge in [0.15, 0.2) is 0 Å². The fourth-order valence-corrected chi connectivity index (χ4v) is 2.55. The fraction of sp³-hybridized carbons (Fsp3) is 0.765. The van der Waals surface area contributed by atoms with E-state index in [1.807, 2.05) is 0 Å². The number of hydrogen-bond acceptors (Lipinski definition) is 4. The van der Waals surface area contributed by atoms with Crippen molar-refractivity contribution in [1.82, 2.24) is 9.97 Å². The summed E-state index contributed by atoms with van der Waals surface area (Å²) in [6.07, 6.45) is 5.00. The van der Waals surface area contributed by atoms with Crippen LogP contribution in [0.15, 0.2) is 0 Å². The summed E-state index contributed by atoms with van der Waals surface area (Å²) < 4.78 is 0. The number of nitrogens with one attached hydrogen (secondary N) is 1. The molecule has 1 aromatic rings. The maximum atomic E-state index is 4.89.